The lowest BCUT2D eigenvalue weighted by molar-refractivity contribution is -0.0199. The molecule has 4 nitrogen and oxygen atoms in total. The van der Waals surface area contributed by atoms with Crippen molar-refractivity contribution in [2.75, 3.05) is 13.2 Å². The summed E-state index contributed by atoms with van der Waals surface area (Å²) in [6, 6.07) is 8.56. The first-order valence-electron chi connectivity index (χ1n) is 12.9. The van der Waals surface area contributed by atoms with Crippen molar-refractivity contribution in [2.24, 2.45) is 5.92 Å². The summed E-state index contributed by atoms with van der Waals surface area (Å²) in [5, 5.41) is 10.4. The van der Waals surface area contributed by atoms with Crippen molar-refractivity contribution < 1.29 is 28.2 Å². The molecule has 1 N–H and O–H groups in total. The number of rotatable bonds is 13. The maximum Gasteiger partial charge on any atom is 0.166 e. The van der Waals surface area contributed by atoms with Gasteiger partial charge in [0.25, 0.3) is 0 Å². The maximum atomic E-state index is 14.5. The molecular weight excluding hydrogens is 450 g/mol. The number of phenolic OH excluding ortho intramolecular Hbond substituents is 1. The number of alkyl halides is 1. The molecule has 2 aromatic rings. The van der Waals surface area contributed by atoms with Gasteiger partial charge in [0.1, 0.15) is 24.0 Å². The zero-order chi connectivity index (χ0) is 25.2. The number of Topliss-reactive ketones (excluding diaryl/α,β-unsaturated/α-hetero) is 1. The molecule has 0 spiro atoms. The van der Waals surface area contributed by atoms with Crippen molar-refractivity contribution in [1.29, 1.82) is 0 Å². The lowest BCUT2D eigenvalue weighted by Gasteiger charge is -2.29. The molecule has 1 saturated heterocycles. The van der Waals surface area contributed by atoms with Gasteiger partial charge in [-0.1, -0.05) is 31.9 Å². The van der Waals surface area contributed by atoms with E-state index in [9.17, 15) is 18.7 Å². The number of aromatic hydroxyl groups is 1. The standard InChI is InChI=1S/C29H38F2O4/c1-3-5-6-9-21-12-13-22(17-25(21)31)27-15-11-20(19-35-27)8-7-10-26(32)23-14-16-28(34-4-2)24(18-30)29(23)33/h12-14,16-17,20,27,33H,3-11,15,18-19H2,1-2H3. The number of unbranched alkanes of at least 4 members (excludes halogenated alkanes) is 2. The molecule has 1 aliphatic heterocycles. The van der Waals surface area contributed by atoms with Gasteiger partial charge in [0.05, 0.1) is 30.4 Å². The molecule has 1 fully saturated rings. The van der Waals surface area contributed by atoms with E-state index in [4.69, 9.17) is 9.47 Å². The monoisotopic (exact) mass is 488 g/mol. The summed E-state index contributed by atoms with van der Waals surface area (Å²) in [7, 11) is 0. The van der Waals surface area contributed by atoms with Gasteiger partial charge >= 0.3 is 0 Å². The highest BCUT2D eigenvalue weighted by Gasteiger charge is 2.24. The van der Waals surface area contributed by atoms with Crippen LogP contribution in [0.15, 0.2) is 30.3 Å². The van der Waals surface area contributed by atoms with Crippen LogP contribution in [0.2, 0.25) is 0 Å². The number of carbonyl (C=O) groups is 1. The zero-order valence-electron chi connectivity index (χ0n) is 21.0. The van der Waals surface area contributed by atoms with Crippen molar-refractivity contribution in [3.05, 3.63) is 58.4 Å². The van der Waals surface area contributed by atoms with Gasteiger partial charge in [-0.3, -0.25) is 4.79 Å². The molecule has 0 amide bonds. The minimum absolute atomic E-state index is 0.0230. The highest BCUT2D eigenvalue weighted by atomic mass is 19.1. The minimum atomic E-state index is -0.894. The number of aryl methyl sites for hydroxylation is 1. The van der Waals surface area contributed by atoms with Crippen LogP contribution in [0.25, 0.3) is 0 Å². The van der Waals surface area contributed by atoms with E-state index in [0.717, 1.165) is 56.1 Å². The molecule has 0 saturated carbocycles. The average Bonchev–Trinajstić information content (AvgIpc) is 2.86. The predicted octanol–water partition coefficient (Wildman–Crippen LogP) is 7.65. The molecule has 192 valence electrons. The quantitative estimate of drug-likeness (QED) is 0.232. The summed E-state index contributed by atoms with van der Waals surface area (Å²) in [5.41, 5.74) is 1.83. The Hall–Kier alpha value is -2.47. The normalized spacial score (nSPS) is 17.9. The van der Waals surface area contributed by atoms with Crippen molar-refractivity contribution >= 4 is 5.78 Å². The van der Waals surface area contributed by atoms with Crippen LogP contribution in [-0.2, 0) is 17.8 Å². The number of benzene rings is 2. The molecule has 0 aromatic heterocycles. The summed E-state index contributed by atoms with van der Waals surface area (Å²) < 4.78 is 39.3. The second-order valence-electron chi connectivity index (χ2n) is 9.39. The first kappa shape index (κ1) is 27.1. The third-order valence-corrected chi connectivity index (χ3v) is 6.86. The largest absolute Gasteiger partial charge is 0.507 e. The fourth-order valence-corrected chi connectivity index (χ4v) is 4.78. The summed E-state index contributed by atoms with van der Waals surface area (Å²) in [4.78, 5) is 12.6. The lowest BCUT2D eigenvalue weighted by atomic mass is 9.90. The van der Waals surface area contributed by atoms with Crippen LogP contribution in [0.1, 0.15) is 98.4 Å². The summed E-state index contributed by atoms with van der Waals surface area (Å²) in [5.74, 6) is -0.0620. The van der Waals surface area contributed by atoms with Crippen molar-refractivity contribution in [2.45, 2.75) is 84.4 Å². The number of halogens is 2. The third kappa shape index (κ3) is 7.26. The number of carbonyl (C=O) groups excluding carboxylic acids is 1. The highest BCUT2D eigenvalue weighted by Crippen LogP contribution is 2.35. The van der Waals surface area contributed by atoms with Crippen LogP contribution >= 0.6 is 0 Å². The fourth-order valence-electron chi connectivity index (χ4n) is 4.78. The number of hydrogen-bond donors (Lipinski definition) is 1. The molecule has 0 bridgehead atoms. The number of ketones is 1. The predicted molar refractivity (Wildman–Crippen MR) is 133 cm³/mol. The third-order valence-electron chi connectivity index (χ3n) is 6.86. The SMILES string of the molecule is CCCCCc1ccc(C2CCC(CCCC(=O)c3ccc(OCC)c(CF)c3O)CO2)cc1F. The number of hydrogen-bond acceptors (Lipinski definition) is 4. The molecule has 6 heteroatoms. The van der Waals surface area contributed by atoms with Crippen molar-refractivity contribution in [3.8, 4) is 11.5 Å². The summed E-state index contributed by atoms with van der Waals surface area (Å²) >= 11 is 0. The van der Waals surface area contributed by atoms with E-state index in [1.807, 2.05) is 12.1 Å². The molecule has 1 aliphatic rings. The van der Waals surface area contributed by atoms with Crippen LogP contribution in [-0.4, -0.2) is 24.1 Å². The Morgan fingerprint density at radius 1 is 1.14 bits per heavy atom. The molecule has 2 atom stereocenters. The van der Waals surface area contributed by atoms with E-state index in [1.165, 1.54) is 6.07 Å². The highest BCUT2D eigenvalue weighted by molar-refractivity contribution is 5.99. The van der Waals surface area contributed by atoms with Crippen molar-refractivity contribution in [1.82, 2.24) is 0 Å². The van der Waals surface area contributed by atoms with Crippen LogP contribution in [0.5, 0.6) is 11.5 Å². The zero-order valence-corrected chi connectivity index (χ0v) is 21.0. The Kier molecular flexibility index (Phi) is 10.5. The van der Waals surface area contributed by atoms with Crippen LogP contribution in [0.4, 0.5) is 8.78 Å². The van der Waals surface area contributed by atoms with Gasteiger partial charge in [-0.15, -0.1) is 0 Å². The smallest absolute Gasteiger partial charge is 0.166 e. The Morgan fingerprint density at radius 2 is 1.97 bits per heavy atom. The lowest BCUT2D eigenvalue weighted by Crippen LogP contribution is -2.21. The van der Waals surface area contributed by atoms with Crippen molar-refractivity contribution in [3.63, 3.8) is 0 Å². The van der Waals surface area contributed by atoms with Crippen LogP contribution in [0, 0.1) is 11.7 Å². The van der Waals surface area contributed by atoms with E-state index in [2.05, 4.69) is 6.92 Å². The first-order chi connectivity index (χ1) is 17.0. The van der Waals surface area contributed by atoms with Crippen LogP contribution in [0.3, 0.4) is 0 Å². The van der Waals surface area contributed by atoms with E-state index in [1.54, 1.807) is 19.1 Å². The van der Waals surface area contributed by atoms with Gasteiger partial charge in [-0.2, -0.15) is 0 Å². The Morgan fingerprint density at radius 3 is 2.63 bits per heavy atom. The molecule has 3 rings (SSSR count). The minimum Gasteiger partial charge on any atom is -0.507 e. The van der Waals surface area contributed by atoms with E-state index >= 15 is 0 Å². The summed E-state index contributed by atoms with van der Waals surface area (Å²) in [6.07, 6.45) is 7.47. The van der Waals surface area contributed by atoms with Gasteiger partial charge in [-0.25, -0.2) is 8.78 Å². The van der Waals surface area contributed by atoms with Gasteiger partial charge in [0.15, 0.2) is 5.78 Å². The number of phenols is 1. The van der Waals surface area contributed by atoms with Gasteiger partial charge in [0.2, 0.25) is 0 Å². The van der Waals surface area contributed by atoms with E-state index < -0.39 is 6.67 Å². The molecular formula is C29H38F2O4. The molecule has 2 unspecified atom stereocenters. The molecule has 0 aliphatic carbocycles. The average molecular weight is 489 g/mol. The maximum absolute atomic E-state index is 14.5. The number of ether oxygens (including phenoxy) is 2. The fraction of sp³-hybridized carbons (Fsp3) is 0.552. The Bertz CT molecular complexity index is 967. The van der Waals surface area contributed by atoms with Gasteiger partial charge in [-0.05, 0) is 80.7 Å². The molecule has 35 heavy (non-hydrogen) atoms. The Labute approximate surface area is 207 Å². The second kappa shape index (κ2) is 13.6. The molecule has 2 aromatic carbocycles. The van der Waals surface area contributed by atoms with Gasteiger partial charge in [0, 0.05) is 6.42 Å². The van der Waals surface area contributed by atoms with E-state index in [-0.39, 0.29) is 46.8 Å². The second-order valence-corrected chi connectivity index (χ2v) is 9.39. The van der Waals surface area contributed by atoms with Crippen LogP contribution < -0.4 is 4.74 Å². The van der Waals surface area contributed by atoms with Gasteiger partial charge < -0.3 is 14.6 Å². The summed E-state index contributed by atoms with van der Waals surface area (Å²) in [6.45, 7) is 3.96. The topological polar surface area (TPSA) is 55.8 Å². The first-order valence-corrected chi connectivity index (χ1v) is 12.9. The Balaban J connectivity index is 1.46. The molecule has 0 radical (unpaired) electrons. The van der Waals surface area contributed by atoms with E-state index in [0.29, 0.717) is 25.6 Å². The molecule has 1 heterocycles.